The van der Waals surface area contributed by atoms with Crippen LogP contribution in [0.25, 0.3) is 0 Å². The lowest BCUT2D eigenvalue weighted by molar-refractivity contribution is 0.602. The van der Waals surface area contributed by atoms with Crippen LogP contribution >= 0.6 is 11.6 Å². The normalized spacial score (nSPS) is 11.3. The lowest BCUT2D eigenvalue weighted by Crippen LogP contribution is -2.14. The highest BCUT2D eigenvalue weighted by Crippen LogP contribution is 2.21. The number of hydrogen-bond donors (Lipinski definition) is 2. The van der Waals surface area contributed by atoms with E-state index in [2.05, 4.69) is 4.72 Å². The summed E-state index contributed by atoms with van der Waals surface area (Å²) in [5.74, 6) is 0.0133. The Hall–Kier alpha value is -0.940. The molecule has 14 heavy (non-hydrogen) atoms. The molecule has 3 N–H and O–H groups in total. The molecule has 0 aliphatic heterocycles. The van der Waals surface area contributed by atoms with Gasteiger partial charge in [0.25, 0.3) is 0 Å². The van der Waals surface area contributed by atoms with Crippen molar-refractivity contribution in [3.05, 3.63) is 23.2 Å². The Labute approximate surface area is 88.1 Å². The van der Waals surface area contributed by atoms with Gasteiger partial charge in [0.1, 0.15) is 0 Å². The first-order valence-electron chi connectivity index (χ1n) is 3.99. The summed E-state index contributed by atoms with van der Waals surface area (Å²) in [7, 11) is -3.27. The third-order valence-corrected chi connectivity index (χ3v) is 3.10. The third kappa shape index (κ3) is 3.08. The van der Waals surface area contributed by atoms with Crippen LogP contribution in [0.3, 0.4) is 0 Å². The van der Waals surface area contributed by atoms with Crippen molar-refractivity contribution in [3.63, 3.8) is 0 Å². The average Bonchev–Trinajstić information content (AvgIpc) is 2.01. The van der Waals surface area contributed by atoms with Gasteiger partial charge in [0.05, 0.1) is 11.4 Å². The fraction of sp³-hybridized carbons (Fsp3) is 0.250. The number of rotatable bonds is 3. The summed E-state index contributed by atoms with van der Waals surface area (Å²) in [4.78, 5) is 0. The van der Waals surface area contributed by atoms with Crippen LogP contribution in [-0.4, -0.2) is 14.2 Å². The topological polar surface area (TPSA) is 72.2 Å². The van der Waals surface area contributed by atoms with Crippen LogP contribution in [0.15, 0.2) is 18.2 Å². The predicted molar refractivity (Wildman–Crippen MR) is 58.9 cm³/mol. The lowest BCUT2D eigenvalue weighted by Gasteiger charge is -2.06. The minimum Gasteiger partial charge on any atom is -0.399 e. The summed E-state index contributed by atoms with van der Waals surface area (Å²) in [5, 5.41) is 0.402. The van der Waals surface area contributed by atoms with Crippen molar-refractivity contribution in [2.75, 3.05) is 16.2 Å². The maximum atomic E-state index is 11.2. The minimum atomic E-state index is -3.27. The van der Waals surface area contributed by atoms with Gasteiger partial charge in [0.15, 0.2) is 0 Å². The molecule has 0 heterocycles. The van der Waals surface area contributed by atoms with E-state index in [1.54, 1.807) is 13.0 Å². The molecule has 0 aliphatic rings. The van der Waals surface area contributed by atoms with Crippen molar-refractivity contribution in [2.45, 2.75) is 6.92 Å². The van der Waals surface area contributed by atoms with Crippen molar-refractivity contribution >= 4 is 33.0 Å². The molecule has 0 unspecified atom stereocenters. The van der Waals surface area contributed by atoms with Crippen LogP contribution < -0.4 is 10.5 Å². The van der Waals surface area contributed by atoms with E-state index in [1.807, 2.05) is 0 Å². The zero-order valence-corrected chi connectivity index (χ0v) is 9.19. The highest BCUT2D eigenvalue weighted by Gasteiger charge is 2.07. The van der Waals surface area contributed by atoms with Crippen LogP contribution in [-0.2, 0) is 10.0 Å². The summed E-state index contributed by atoms with van der Waals surface area (Å²) >= 11 is 5.71. The van der Waals surface area contributed by atoms with Gasteiger partial charge in [-0.2, -0.15) is 0 Å². The first-order chi connectivity index (χ1) is 6.43. The first kappa shape index (κ1) is 11.1. The van der Waals surface area contributed by atoms with E-state index in [0.717, 1.165) is 0 Å². The van der Waals surface area contributed by atoms with Crippen molar-refractivity contribution in [1.82, 2.24) is 0 Å². The van der Waals surface area contributed by atoms with E-state index in [0.29, 0.717) is 16.4 Å². The van der Waals surface area contributed by atoms with Gasteiger partial charge in [-0.25, -0.2) is 8.42 Å². The van der Waals surface area contributed by atoms with Crippen molar-refractivity contribution in [2.24, 2.45) is 0 Å². The number of sulfonamides is 1. The van der Waals surface area contributed by atoms with Gasteiger partial charge >= 0.3 is 0 Å². The molecule has 1 rings (SSSR count). The Kier molecular flexibility index (Phi) is 3.23. The fourth-order valence-electron chi connectivity index (χ4n) is 0.923. The second kappa shape index (κ2) is 4.06. The molecule has 0 amide bonds. The molecule has 78 valence electrons. The molecule has 1 aromatic rings. The zero-order valence-electron chi connectivity index (χ0n) is 7.62. The summed E-state index contributed by atoms with van der Waals surface area (Å²) in [5.41, 5.74) is 6.31. The number of benzene rings is 1. The van der Waals surface area contributed by atoms with E-state index in [9.17, 15) is 8.42 Å². The van der Waals surface area contributed by atoms with E-state index < -0.39 is 10.0 Å². The molecule has 6 heteroatoms. The molecule has 0 fully saturated rings. The van der Waals surface area contributed by atoms with Gasteiger partial charge < -0.3 is 5.73 Å². The van der Waals surface area contributed by atoms with Gasteiger partial charge in [-0.15, -0.1) is 0 Å². The molecule has 1 aromatic carbocycles. The van der Waals surface area contributed by atoms with Crippen LogP contribution in [0.4, 0.5) is 11.4 Å². The van der Waals surface area contributed by atoms with Crippen molar-refractivity contribution in [1.29, 1.82) is 0 Å². The number of anilines is 2. The number of hydrogen-bond acceptors (Lipinski definition) is 3. The largest absolute Gasteiger partial charge is 0.399 e. The highest BCUT2D eigenvalue weighted by molar-refractivity contribution is 7.92. The summed E-state index contributed by atoms with van der Waals surface area (Å²) < 4.78 is 24.7. The number of nitrogen functional groups attached to an aromatic ring is 1. The number of nitrogens with two attached hydrogens (primary N) is 1. The molecule has 0 atom stereocenters. The Morgan fingerprint density at radius 2 is 2.07 bits per heavy atom. The fourth-order valence-corrected chi connectivity index (χ4v) is 1.79. The van der Waals surface area contributed by atoms with Crippen LogP contribution in [0.5, 0.6) is 0 Å². The van der Waals surface area contributed by atoms with Gasteiger partial charge in [-0.3, -0.25) is 4.72 Å². The third-order valence-electron chi connectivity index (χ3n) is 1.57. The SMILES string of the molecule is CCS(=O)(=O)Nc1cc(N)cc(Cl)c1. The highest BCUT2D eigenvalue weighted by atomic mass is 35.5. The van der Waals surface area contributed by atoms with Crippen LogP contribution in [0, 0.1) is 0 Å². The van der Waals surface area contributed by atoms with Crippen molar-refractivity contribution in [3.8, 4) is 0 Å². The maximum absolute atomic E-state index is 11.2. The molecule has 0 saturated heterocycles. The standard InChI is InChI=1S/C8H11ClN2O2S/c1-2-14(12,13)11-8-4-6(9)3-7(10)5-8/h3-5,11H,2,10H2,1H3. The van der Waals surface area contributed by atoms with Crippen LogP contribution in [0.2, 0.25) is 5.02 Å². The molecule has 0 radical (unpaired) electrons. The Morgan fingerprint density at radius 1 is 1.43 bits per heavy atom. The zero-order chi connectivity index (χ0) is 10.8. The smallest absolute Gasteiger partial charge is 0.232 e. The molecular weight excluding hydrogens is 224 g/mol. The molecule has 0 aliphatic carbocycles. The molecule has 0 saturated carbocycles. The summed E-state index contributed by atoms with van der Waals surface area (Å²) in [6.45, 7) is 1.55. The van der Waals surface area contributed by atoms with E-state index in [1.165, 1.54) is 12.1 Å². The Balaban J connectivity index is 2.98. The van der Waals surface area contributed by atoms with E-state index in [4.69, 9.17) is 17.3 Å². The average molecular weight is 235 g/mol. The Bertz CT molecular complexity index is 411. The second-order valence-electron chi connectivity index (χ2n) is 2.78. The minimum absolute atomic E-state index is 0.0133. The van der Waals surface area contributed by atoms with Gasteiger partial charge in [0, 0.05) is 10.7 Å². The predicted octanol–water partition coefficient (Wildman–Crippen LogP) is 1.68. The quantitative estimate of drug-likeness (QED) is 0.782. The number of halogens is 1. The molecule has 0 aromatic heterocycles. The van der Waals surface area contributed by atoms with Gasteiger partial charge in [-0.1, -0.05) is 11.6 Å². The Morgan fingerprint density at radius 3 is 2.57 bits per heavy atom. The van der Waals surface area contributed by atoms with Gasteiger partial charge in [-0.05, 0) is 25.1 Å². The molecule has 0 spiro atoms. The first-order valence-corrected chi connectivity index (χ1v) is 6.02. The van der Waals surface area contributed by atoms with E-state index >= 15 is 0 Å². The lowest BCUT2D eigenvalue weighted by atomic mass is 10.3. The van der Waals surface area contributed by atoms with E-state index in [-0.39, 0.29) is 5.75 Å². The monoisotopic (exact) mass is 234 g/mol. The summed E-state index contributed by atoms with van der Waals surface area (Å²) in [6, 6.07) is 4.56. The maximum Gasteiger partial charge on any atom is 0.232 e. The molecule has 4 nitrogen and oxygen atoms in total. The van der Waals surface area contributed by atoms with Crippen LogP contribution in [0.1, 0.15) is 6.92 Å². The number of nitrogens with one attached hydrogen (secondary N) is 1. The van der Waals surface area contributed by atoms with Gasteiger partial charge in [0.2, 0.25) is 10.0 Å². The molecular formula is C8H11ClN2O2S. The summed E-state index contributed by atoms with van der Waals surface area (Å²) in [6.07, 6.45) is 0. The molecule has 0 bridgehead atoms. The second-order valence-corrected chi connectivity index (χ2v) is 5.23. The van der Waals surface area contributed by atoms with Crippen molar-refractivity contribution < 1.29 is 8.42 Å².